The molecule has 0 spiro atoms. The van der Waals surface area contributed by atoms with Crippen molar-refractivity contribution in [2.75, 3.05) is 32.6 Å². The monoisotopic (exact) mass is 527 g/mol. The van der Waals surface area contributed by atoms with Gasteiger partial charge in [-0.3, -0.25) is 4.79 Å². The number of hydrogen-bond acceptors (Lipinski definition) is 5. The van der Waals surface area contributed by atoms with Gasteiger partial charge < -0.3 is 24.6 Å². The molecule has 4 rings (SSSR count). The van der Waals surface area contributed by atoms with E-state index in [2.05, 4.69) is 5.32 Å². The highest BCUT2D eigenvalue weighted by Gasteiger charge is 2.35. The molecule has 1 saturated carbocycles. The van der Waals surface area contributed by atoms with Crippen molar-refractivity contribution in [2.24, 2.45) is 0 Å². The van der Waals surface area contributed by atoms with Gasteiger partial charge in [0, 0.05) is 28.2 Å². The fourth-order valence-corrected chi connectivity index (χ4v) is 4.85. The Morgan fingerprint density at radius 2 is 1.86 bits per heavy atom. The van der Waals surface area contributed by atoms with Crippen molar-refractivity contribution >= 4 is 40.6 Å². The second-order valence-corrected chi connectivity index (χ2v) is 10.1. The first-order valence-electron chi connectivity index (χ1n) is 11.8. The number of carbonyl (C=O) groups excluding carboxylic acids is 2. The summed E-state index contributed by atoms with van der Waals surface area (Å²) in [7, 11) is 3.21. The van der Waals surface area contributed by atoms with Crippen LogP contribution >= 0.6 is 22.9 Å². The number of carbonyl (C=O) groups is 2. The molecule has 1 aliphatic rings. The van der Waals surface area contributed by atoms with Crippen LogP contribution in [0.2, 0.25) is 5.02 Å². The van der Waals surface area contributed by atoms with E-state index in [0.717, 1.165) is 23.3 Å². The van der Waals surface area contributed by atoms with E-state index in [1.54, 1.807) is 54.7 Å². The summed E-state index contributed by atoms with van der Waals surface area (Å²) < 4.78 is 10.8. The fraction of sp³-hybridized carbons (Fsp3) is 0.333. The van der Waals surface area contributed by atoms with E-state index >= 15 is 0 Å². The SMILES string of the molecule is COc1ccc(CCN(Cc2cccs2)C(=O)CN(C(=O)Nc2cccc(Cl)c2)C2CC2)cc1OC. The van der Waals surface area contributed by atoms with Crippen molar-refractivity contribution in [3.63, 3.8) is 0 Å². The number of rotatable bonds is 11. The van der Waals surface area contributed by atoms with Crippen molar-refractivity contribution in [2.45, 2.75) is 31.8 Å². The zero-order valence-corrected chi connectivity index (χ0v) is 22.0. The van der Waals surface area contributed by atoms with Gasteiger partial charge in [-0.2, -0.15) is 0 Å². The minimum Gasteiger partial charge on any atom is -0.493 e. The van der Waals surface area contributed by atoms with E-state index in [-0.39, 0.29) is 24.5 Å². The molecule has 36 heavy (non-hydrogen) atoms. The maximum atomic E-state index is 13.5. The van der Waals surface area contributed by atoms with Crippen LogP contribution in [0.3, 0.4) is 0 Å². The summed E-state index contributed by atoms with van der Waals surface area (Å²) in [5.41, 5.74) is 1.64. The van der Waals surface area contributed by atoms with Gasteiger partial charge in [0.05, 0.1) is 20.8 Å². The first-order chi connectivity index (χ1) is 17.5. The first kappa shape index (κ1) is 25.9. The minimum absolute atomic E-state index is 0.0222. The summed E-state index contributed by atoms with van der Waals surface area (Å²) in [4.78, 5) is 31.1. The van der Waals surface area contributed by atoms with E-state index in [4.69, 9.17) is 21.1 Å². The highest BCUT2D eigenvalue weighted by atomic mass is 35.5. The Balaban J connectivity index is 1.45. The van der Waals surface area contributed by atoms with E-state index < -0.39 is 0 Å². The van der Waals surface area contributed by atoms with E-state index in [1.807, 2.05) is 40.6 Å². The van der Waals surface area contributed by atoms with Crippen LogP contribution in [-0.2, 0) is 17.8 Å². The molecule has 0 aliphatic heterocycles. The molecule has 2 aromatic carbocycles. The number of anilines is 1. The molecule has 1 heterocycles. The van der Waals surface area contributed by atoms with Crippen LogP contribution < -0.4 is 14.8 Å². The average Bonchev–Trinajstić information content (AvgIpc) is 3.59. The number of thiophene rings is 1. The maximum absolute atomic E-state index is 13.5. The molecule has 1 N–H and O–H groups in total. The van der Waals surface area contributed by atoms with Crippen molar-refractivity contribution in [1.82, 2.24) is 9.80 Å². The smallest absolute Gasteiger partial charge is 0.322 e. The molecule has 9 heteroatoms. The number of urea groups is 1. The normalized spacial score (nSPS) is 12.6. The highest BCUT2D eigenvalue weighted by molar-refractivity contribution is 7.09. The van der Waals surface area contributed by atoms with E-state index in [1.165, 1.54) is 0 Å². The van der Waals surface area contributed by atoms with Crippen LogP contribution in [0.25, 0.3) is 0 Å². The molecule has 0 unspecified atom stereocenters. The lowest BCUT2D eigenvalue weighted by molar-refractivity contribution is -0.132. The largest absolute Gasteiger partial charge is 0.493 e. The third kappa shape index (κ3) is 6.92. The summed E-state index contributed by atoms with van der Waals surface area (Å²) in [6.07, 6.45) is 2.44. The summed E-state index contributed by atoms with van der Waals surface area (Å²) in [5.74, 6) is 1.24. The van der Waals surface area contributed by atoms with Gasteiger partial charge in [0.15, 0.2) is 11.5 Å². The number of nitrogens with zero attached hydrogens (tertiary/aromatic N) is 2. The Labute approximate surface area is 220 Å². The molecule has 0 bridgehead atoms. The van der Waals surface area contributed by atoms with E-state index in [0.29, 0.717) is 41.7 Å². The average molecular weight is 528 g/mol. The quantitative estimate of drug-likeness (QED) is 0.348. The Hall–Kier alpha value is -3.23. The zero-order chi connectivity index (χ0) is 25.5. The number of halogens is 1. The summed E-state index contributed by atoms with van der Waals surface area (Å²) in [6, 6.07) is 16.6. The summed E-state index contributed by atoms with van der Waals surface area (Å²) in [6.45, 7) is 1.03. The molecule has 3 aromatic rings. The topological polar surface area (TPSA) is 71.1 Å². The second-order valence-electron chi connectivity index (χ2n) is 8.63. The molecule has 0 radical (unpaired) electrons. The number of methoxy groups -OCH3 is 2. The number of hydrogen-bond donors (Lipinski definition) is 1. The first-order valence-corrected chi connectivity index (χ1v) is 13.1. The lowest BCUT2D eigenvalue weighted by Crippen LogP contribution is -2.45. The lowest BCUT2D eigenvalue weighted by atomic mass is 10.1. The molecular formula is C27H30ClN3O4S. The predicted molar refractivity (Wildman–Crippen MR) is 143 cm³/mol. The lowest BCUT2D eigenvalue weighted by Gasteiger charge is -2.28. The van der Waals surface area contributed by atoms with Crippen molar-refractivity contribution in [3.8, 4) is 11.5 Å². The van der Waals surface area contributed by atoms with Gasteiger partial charge in [0.25, 0.3) is 0 Å². The second kappa shape index (κ2) is 12.1. The van der Waals surface area contributed by atoms with Crippen molar-refractivity contribution in [1.29, 1.82) is 0 Å². The number of amides is 3. The van der Waals surface area contributed by atoms with Crippen molar-refractivity contribution < 1.29 is 19.1 Å². The van der Waals surface area contributed by atoms with Crippen LogP contribution in [-0.4, -0.2) is 55.1 Å². The van der Waals surface area contributed by atoms with Gasteiger partial charge in [0.2, 0.25) is 5.91 Å². The molecule has 0 saturated heterocycles. The van der Waals surface area contributed by atoms with Gasteiger partial charge >= 0.3 is 6.03 Å². The van der Waals surface area contributed by atoms with Gasteiger partial charge in [-0.25, -0.2) is 4.79 Å². The summed E-state index contributed by atoms with van der Waals surface area (Å²) >= 11 is 7.67. The third-order valence-electron chi connectivity index (χ3n) is 6.03. The molecule has 3 amide bonds. The summed E-state index contributed by atoms with van der Waals surface area (Å²) in [5, 5.41) is 5.43. The minimum atomic E-state index is -0.288. The Morgan fingerprint density at radius 1 is 1.06 bits per heavy atom. The molecule has 7 nitrogen and oxygen atoms in total. The van der Waals surface area contributed by atoms with Gasteiger partial charge in [-0.15, -0.1) is 11.3 Å². The third-order valence-corrected chi connectivity index (χ3v) is 7.12. The number of nitrogens with one attached hydrogen (secondary N) is 1. The van der Waals surface area contributed by atoms with E-state index in [9.17, 15) is 9.59 Å². The van der Waals surface area contributed by atoms with Crippen LogP contribution in [0.1, 0.15) is 23.3 Å². The van der Waals surface area contributed by atoms with Crippen LogP contribution in [0.15, 0.2) is 60.0 Å². The Morgan fingerprint density at radius 3 is 2.53 bits per heavy atom. The Bertz CT molecular complexity index is 1180. The Kier molecular flexibility index (Phi) is 8.72. The van der Waals surface area contributed by atoms with Gasteiger partial charge in [-0.05, 0) is 66.6 Å². The maximum Gasteiger partial charge on any atom is 0.322 e. The molecule has 1 fully saturated rings. The van der Waals surface area contributed by atoms with Crippen LogP contribution in [0.4, 0.5) is 10.5 Å². The number of ether oxygens (including phenoxy) is 2. The zero-order valence-electron chi connectivity index (χ0n) is 20.4. The highest BCUT2D eigenvalue weighted by Crippen LogP contribution is 2.29. The van der Waals surface area contributed by atoms with Crippen molar-refractivity contribution in [3.05, 3.63) is 75.4 Å². The van der Waals surface area contributed by atoms with Crippen LogP contribution in [0, 0.1) is 0 Å². The molecule has 0 atom stereocenters. The molecule has 1 aromatic heterocycles. The fourth-order valence-electron chi connectivity index (χ4n) is 3.94. The molecule has 1 aliphatic carbocycles. The number of benzene rings is 2. The standard InChI is InChI=1S/C27H30ClN3O4S/c1-34-24-11-8-19(15-25(24)35-2)12-13-30(17-23-7-4-14-36-23)26(32)18-31(22-9-10-22)27(33)29-21-6-3-5-20(28)16-21/h3-8,11,14-16,22H,9-10,12-13,17-18H2,1-2H3,(H,29,33). The molecule has 190 valence electrons. The van der Waals surface area contributed by atoms with Crippen LogP contribution in [0.5, 0.6) is 11.5 Å². The van der Waals surface area contributed by atoms with Gasteiger partial charge in [0.1, 0.15) is 6.54 Å². The molecular weight excluding hydrogens is 498 g/mol. The van der Waals surface area contributed by atoms with Gasteiger partial charge in [-0.1, -0.05) is 29.8 Å². The predicted octanol–water partition coefficient (Wildman–Crippen LogP) is 5.69.